The van der Waals surface area contributed by atoms with Crippen molar-refractivity contribution >= 4 is 17.5 Å². The van der Waals surface area contributed by atoms with E-state index in [1.54, 1.807) is 0 Å². The fourth-order valence-electron chi connectivity index (χ4n) is 2.24. The molecule has 0 bridgehead atoms. The monoisotopic (exact) mass is 356 g/mol. The number of carbonyl (C=O) groups is 1. The van der Waals surface area contributed by atoms with Gasteiger partial charge in [-0.05, 0) is 35.7 Å². The topological polar surface area (TPSA) is 51.2 Å². The van der Waals surface area contributed by atoms with Gasteiger partial charge in [0.25, 0.3) is 0 Å². The number of esters is 1. The molecular formula is C17H16F4N2O2. The number of pyridine rings is 1. The molecule has 0 amide bonds. The van der Waals surface area contributed by atoms with Crippen LogP contribution in [0, 0.1) is 5.82 Å². The number of hydrogen-bond donors (Lipinski definition) is 1. The number of aromatic nitrogens is 1. The van der Waals surface area contributed by atoms with Gasteiger partial charge in [0.1, 0.15) is 17.2 Å². The largest absolute Gasteiger partial charge is 0.465 e. The summed E-state index contributed by atoms with van der Waals surface area (Å²) >= 11 is 0. The molecule has 4 nitrogen and oxygen atoms in total. The van der Waals surface area contributed by atoms with Gasteiger partial charge < -0.3 is 10.1 Å². The fourth-order valence-corrected chi connectivity index (χ4v) is 2.24. The number of hydrogen-bond acceptors (Lipinski definition) is 4. The number of nitrogens with zero attached hydrogens (tertiary/aromatic N) is 1. The lowest BCUT2D eigenvalue weighted by molar-refractivity contribution is -0.137. The SMILES string of the molecule is COC(=O)c1cc(C(F)(F)F)cnc1Nc1ccc(F)cc1C(C)C. The molecule has 25 heavy (non-hydrogen) atoms. The van der Waals surface area contributed by atoms with Crippen LogP contribution in [0.2, 0.25) is 0 Å². The Balaban J connectivity index is 2.51. The molecule has 0 aliphatic rings. The number of alkyl halides is 3. The second-order valence-electron chi connectivity index (χ2n) is 5.62. The lowest BCUT2D eigenvalue weighted by Gasteiger charge is -2.17. The Morgan fingerprint density at radius 3 is 2.48 bits per heavy atom. The van der Waals surface area contributed by atoms with Crippen molar-refractivity contribution in [2.45, 2.75) is 25.9 Å². The van der Waals surface area contributed by atoms with E-state index >= 15 is 0 Å². The van der Waals surface area contributed by atoms with E-state index in [4.69, 9.17) is 0 Å². The van der Waals surface area contributed by atoms with E-state index in [1.807, 2.05) is 13.8 Å². The number of rotatable bonds is 4. The first-order valence-electron chi connectivity index (χ1n) is 7.35. The van der Waals surface area contributed by atoms with E-state index in [9.17, 15) is 22.4 Å². The summed E-state index contributed by atoms with van der Waals surface area (Å²) in [4.78, 5) is 15.6. The van der Waals surface area contributed by atoms with Crippen molar-refractivity contribution in [2.24, 2.45) is 0 Å². The summed E-state index contributed by atoms with van der Waals surface area (Å²) in [6, 6.07) is 4.62. The van der Waals surface area contributed by atoms with Gasteiger partial charge in [-0.2, -0.15) is 13.2 Å². The first-order chi connectivity index (χ1) is 11.6. The molecule has 0 saturated carbocycles. The molecule has 0 aliphatic carbocycles. The molecule has 1 aromatic carbocycles. The molecule has 2 aromatic rings. The van der Waals surface area contributed by atoms with E-state index in [2.05, 4.69) is 15.0 Å². The zero-order valence-corrected chi connectivity index (χ0v) is 13.7. The first-order valence-corrected chi connectivity index (χ1v) is 7.35. The molecule has 0 saturated heterocycles. The van der Waals surface area contributed by atoms with Crippen LogP contribution in [0.4, 0.5) is 29.1 Å². The molecular weight excluding hydrogens is 340 g/mol. The van der Waals surface area contributed by atoms with E-state index < -0.39 is 23.5 Å². The maximum Gasteiger partial charge on any atom is 0.417 e. The van der Waals surface area contributed by atoms with Crippen molar-refractivity contribution in [1.29, 1.82) is 0 Å². The Morgan fingerprint density at radius 1 is 1.24 bits per heavy atom. The molecule has 0 radical (unpaired) electrons. The number of nitrogens with one attached hydrogen (secondary N) is 1. The van der Waals surface area contributed by atoms with Gasteiger partial charge in [0, 0.05) is 11.9 Å². The van der Waals surface area contributed by atoms with Crippen molar-refractivity contribution in [2.75, 3.05) is 12.4 Å². The fraction of sp³-hybridized carbons (Fsp3) is 0.294. The van der Waals surface area contributed by atoms with Crippen molar-refractivity contribution in [3.8, 4) is 0 Å². The van der Waals surface area contributed by atoms with Gasteiger partial charge >= 0.3 is 12.1 Å². The molecule has 1 heterocycles. The zero-order chi connectivity index (χ0) is 18.8. The maximum atomic E-state index is 13.4. The molecule has 2 rings (SSSR count). The van der Waals surface area contributed by atoms with Gasteiger partial charge in [0.05, 0.1) is 12.7 Å². The standard InChI is InChI=1S/C17H16F4N2O2/c1-9(2)12-7-11(18)4-5-14(12)23-15-13(16(24)25-3)6-10(8-22-15)17(19,20)21/h4-9H,1-3H3,(H,22,23). The highest BCUT2D eigenvalue weighted by Crippen LogP contribution is 2.33. The summed E-state index contributed by atoms with van der Waals surface area (Å²) in [6.45, 7) is 3.67. The highest BCUT2D eigenvalue weighted by molar-refractivity contribution is 5.95. The minimum absolute atomic E-state index is 0.0609. The summed E-state index contributed by atoms with van der Waals surface area (Å²) in [5, 5.41) is 2.80. The minimum atomic E-state index is -4.65. The summed E-state index contributed by atoms with van der Waals surface area (Å²) in [5.41, 5.74) is -0.399. The third-order valence-electron chi connectivity index (χ3n) is 3.51. The summed E-state index contributed by atoms with van der Waals surface area (Å²) in [5.74, 6) is -1.57. The smallest absolute Gasteiger partial charge is 0.417 e. The molecule has 0 aliphatic heterocycles. The molecule has 8 heteroatoms. The molecule has 0 spiro atoms. The number of anilines is 2. The Kier molecular flexibility index (Phi) is 5.30. The van der Waals surface area contributed by atoms with Crippen LogP contribution in [0.3, 0.4) is 0 Å². The predicted octanol–water partition coefficient (Wildman–Crippen LogP) is 4.89. The van der Waals surface area contributed by atoms with Gasteiger partial charge in [0.15, 0.2) is 0 Å². The van der Waals surface area contributed by atoms with Crippen LogP contribution < -0.4 is 5.32 Å². The highest BCUT2D eigenvalue weighted by Gasteiger charge is 2.33. The Labute approximate surface area is 141 Å². The van der Waals surface area contributed by atoms with Crippen molar-refractivity contribution in [3.05, 3.63) is 53.0 Å². The van der Waals surface area contributed by atoms with Gasteiger partial charge in [-0.25, -0.2) is 14.2 Å². The van der Waals surface area contributed by atoms with Crippen LogP contribution in [-0.2, 0) is 10.9 Å². The maximum absolute atomic E-state index is 13.4. The first kappa shape index (κ1) is 18.7. The second kappa shape index (κ2) is 7.08. The molecule has 1 aromatic heterocycles. The third kappa shape index (κ3) is 4.26. The lowest BCUT2D eigenvalue weighted by Crippen LogP contribution is -2.13. The Morgan fingerprint density at radius 2 is 1.92 bits per heavy atom. The molecule has 0 unspecified atom stereocenters. The summed E-state index contributed by atoms with van der Waals surface area (Å²) in [7, 11) is 1.06. The average Bonchev–Trinajstić information content (AvgIpc) is 2.54. The van der Waals surface area contributed by atoms with Gasteiger partial charge in [-0.1, -0.05) is 13.8 Å². The van der Waals surface area contributed by atoms with Crippen molar-refractivity contribution in [3.63, 3.8) is 0 Å². The number of ether oxygens (including phenoxy) is 1. The molecule has 0 atom stereocenters. The van der Waals surface area contributed by atoms with Crippen LogP contribution in [0.5, 0.6) is 0 Å². The van der Waals surface area contributed by atoms with E-state index in [-0.39, 0.29) is 17.3 Å². The molecule has 1 N–H and O–H groups in total. The summed E-state index contributed by atoms with van der Waals surface area (Å²) in [6.07, 6.45) is -4.03. The second-order valence-corrected chi connectivity index (χ2v) is 5.62. The molecule has 134 valence electrons. The Bertz CT molecular complexity index is 789. The predicted molar refractivity (Wildman–Crippen MR) is 84.4 cm³/mol. The highest BCUT2D eigenvalue weighted by atomic mass is 19.4. The van der Waals surface area contributed by atoms with Crippen molar-refractivity contribution < 1.29 is 27.1 Å². The lowest BCUT2D eigenvalue weighted by atomic mass is 10.0. The van der Waals surface area contributed by atoms with E-state index in [0.717, 1.165) is 7.11 Å². The number of benzene rings is 1. The van der Waals surface area contributed by atoms with Gasteiger partial charge in [0.2, 0.25) is 0 Å². The van der Waals surface area contributed by atoms with Crippen LogP contribution in [-0.4, -0.2) is 18.1 Å². The minimum Gasteiger partial charge on any atom is -0.465 e. The quantitative estimate of drug-likeness (QED) is 0.626. The summed E-state index contributed by atoms with van der Waals surface area (Å²) < 4.78 is 56.5. The van der Waals surface area contributed by atoms with Gasteiger partial charge in [-0.3, -0.25) is 0 Å². The third-order valence-corrected chi connectivity index (χ3v) is 3.51. The normalized spacial score (nSPS) is 11.5. The van der Waals surface area contributed by atoms with Crippen molar-refractivity contribution in [1.82, 2.24) is 4.98 Å². The molecule has 0 fully saturated rings. The van der Waals surface area contributed by atoms with Crippen LogP contribution in [0.1, 0.15) is 41.3 Å². The van der Waals surface area contributed by atoms with Crippen LogP contribution in [0.25, 0.3) is 0 Å². The van der Waals surface area contributed by atoms with E-state index in [1.165, 1.54) is 18.2 Å². The van der Waals surface area contributed by atoms with E-state index in [0.29, 0.717) is 23.5 Å². The zero-order valence-electron chi connectivity index (χ0n) is 13.7. The van der Waals surface area contributed by atoms with Gasteiger partial charge in [-0.15, -0.1) is 0 Å². The number of carbonyl (C=O) groups excluding carboxylic acids is 1. The van der Waals surface area contributed by atoms with Crippen LogP contribution >= 0.6 is 0 Å². The number of halogens is 4. The van der Waals surface area contributed by atoms with Crippen LogP contribution in [0.15, 0.2) is 30.5 Å². The number of methoxy groups -OCH3 is 1. The Hall–Kier alpha value is -2.64. The average molecular weight is 356 g/mol.